The molecule has 0 N–H and O–H groups in total. The van der Waals surface area contributed by atoms with Gasteiger partial charge >= 0.3 is 0 Å². The van der Waals surface area contributed by atoms with Gasteiger partial charge in [0, 0.05) is 37.0 Å². The molecular formula is C24H38N2O2. The van der Waals surface area contributed by atoms with Gasteiger partial charge < -0.3 is 9.80 Å². The Morgan fingerprint density at radius 2 is 1.00 bits per heavy atom. The summed E-state index contributed by atoms with van der Waals surface area (Å²) in [5, 5.41) is 0. The van der Waals surface area contributed by atoms with Crippen LogP contribution in [0, 0.1) is 23.7 Å². The highest BCUT2D eigenvalue weighted by molar-refractivity contribution is 5.83. The summed E-state index contributed by atoms with van der Waals surface area (Å²) in [6, 6.07) is 1.03. The van der Waals surface area contributed by atoms with E-state index in [2.05, 4.69) is 9.80 Å². The van der Waals surface area contributed by atoms with Crippen LogP contribution in [0.25, 0.3) is 0 Å². The second kappa shape index (κ2) is 7.99. The summed E-state index contributed by atoms with van der Waals surface area (Å²) in [5.41, 5.74) is 0. The van der Waals surface area contributed by atoms with Gasteiger partial charge in [0.05, 0.1) is 0 Å². The summed E-state index contributed by atoms with van der Waals surface area (Å²) in [7, 11) is 0. The standard InChI is InChI=1S/C24H38N2O2/c27-23(25-14-12-17-6-1-3-10-21(17)25)19-8-5-9-20(16-19)24(28)26-15-13-18-7-2-4-11-22(18)26/h17-22H,1-16H2. The Morgan fingerprint density at radius 3 is 1.50 bits per heavy atom. The van der Waals surface area contributed by atoms with Crippen LogP contribution in [0.5, 0.6) is 0 Å². The van der Waals surface area contributed by atoms with Gasteiger partial charge in [-0.2, -0.15) is 0 Å². The third-order valence-electron chi connectivity index (χ3n) is 8.96. The maximum atomic E-state index is 13.4. The molecule has 3 saturated carbocycles. The third kappa shape index (κ3) is 3.39. The lowest BCUT2D eigenvalue weighted by Crippen LogP contribution is -2.46. The van der Waals surface area contributed by atoms with E-state index in [9.17, 15) is 9.59 Å². The molecule has 0 radical (unpaired) electrons. The number of hydrogen-bond acceptors (Lipinski definition) is 2. The van der Waals surface area contributed by atoms with Crippen LogP contribution in [0.3, 0.4) is 0 Å². The Kier molecular flexibility index (Phi) is 5.40. The highest BCUT2D eigenvalue weighted by Gasteiger charge is 2.44. The second-order valence-corrected chi connectivity index (χ2v) is 10.4. The first-order chi connectivity index (χ1) is 13.7. The Balaban J connectivity index is 1.22. The van der Waals surface area contributed by atoms with Gasteiger partial charge in [0.25, 0.3) is 0 Å². The van der Waals surface area contributed by atoms with Gasteiger partial charge in [-0.05, 0) is 69.6 Å². The fourth-order valence-electron chi connectivity index (χ4n) is 7.47. The summed E-state index contributed by atoms with van der Waals surface area (Å²) in [5.74, 6) is 2.51. The molecule has 5 rings (SSSR count). The van der Waals surface area contributed by atoms with E-state index in [0.29, 0.717) is 23.9 Å². The van der Waals surface area contributed by atoms with Gasteiger partial charge in [-0.3, -0.25) is 9.59 Å². The number of carbonyl (C=O) groups is 2. The van der Waals surface area contributed by atoms with E-state index < -0.39 is 0 Å². The molecule has 0 aromatic heterocycles. The van der Waals surface area contributed by atoms with E-state index in [1.807, 2.05) is 0 Å². The van der Waals surface area contributed by atoms with Crippen molar-refractivity contribution in [2.24, 2.45) is 23.7 Å². The van der Waals surface area contributed by atoms with E-state index in [0.717, 1.165) is 50.6 Å². The van der Waals surface area contributed by atoms with Gasteiger partial charge in [-0.1, -0.05) is 32.1 Å². The van der Waals surface area contributed by atoms with Crippen molar-refractivity contribution in [2.75, 3.05) is 13.1 Å². The Labute approximate surface area is 170 Å². The lowest BCUT2D eigenvalue weighted by atomic mass is 9.79. The van der Waals surface area contributed by atoms with E-state index in [4.69, 9.17) is 0 Å². The Bertz CT molecular complexity index is 555. The SMILES string of the molecule is O=C(C1CCCC(C(=O)N2CCC3CCCCC32)C1)N1CCC2CCCCC21. The van der Waals surface area contributed by atoms with Crippen molar-refractivity contribution >= 4 is 11.8 Å². The monoisotopic (exact) mass is 386 g/mol. The van der Waals surface area contributed by atoms with Gasteiger partial charge in [-0.15, -0.1) is 0 Å². The topological polar surface area (TPSA) is 40.6 Å². The molecule has 2 heterocycles. The number of hydrogen-bond donors (Lipinski definition) is 0. The lowest BCUT2D eigenvalue weighted by molar-refractivity contribution is -0.143. The zero-order chi connectivity index (χ0) is 19.1. The number of nitrogens with zero attached hydrogens (tertiary/aromatic N) is 2. The minimum Gasteiger partial charge on any atom is -0.339 e. The average molecular weight is 387 g/mol. The normalized spacial score (nSPS) is 40.9. The number of fused-ring (bicyclic) bond motifs is 2. The fraction of sp³-hybridized carbons (Fsp3) is 0.917. The van der Waals surface area contributed by atoms with Crippen molar-refractivity contribution < 1.29 is 9.59 Å². The summed E-state index contributed by atoms with van der Waals surface area (Å²) in [4.78, 5) is 31.2. The van der Waals surface area contributed by atoms with Gasteiger partial charge in [0.2, 0.25) is 11.8 Å². The minimum absolute atomic E-state index is 0.105. The van der Waals surface area contributed by atoms with E-state index >= 15 is 0 Å². The number of carbonyl (C=O) groups excluding carboxylic acids is 2. The van der Waals surface area contributed by atoms with E-state index in [1.54, 1.807) is 0 Å². The van der Waals surface area contributed by atoms with Crippen molar-refractivity contribution in [1.29, 1.82) is 0 Å². The van der Waals surface area contributed by atoms with Crippen molar-refractivity contribution in [3.8, 4) is 0 Å². The average Bonchev–Trinajstić information content (AvgIpc) is 3.37. The van der Waals surface area contributed by atoms with E-state index in [-0.39, 0.29) is 11.8 Å². The molecule has 2 saturated heterocycles. The first-order valence-corrected chi connectivity index (χ1v) is 12.3. The maximum Gasteiger partial charge on any atom is 0.225 e. The largest absolute Gasteiger partial charge is 0.339 e. The molecule has 2 aliphatic heterocycles. The third-order valence-corrected chi connectivity index (χ3v) is 8.96. The van der Waals surface area contributed by atoms with Gasteiger partial charge in [0.15, 0.2) is 0 Å². The zero-order valence-corrected chi connectivity index (χ0v) is 17.5. The van der Waals surface area contributed by atoms with Crippen LogP contribution >= 0.6 is 0 Å². The molecule has 0 spiro atoms. The molecule has 6 unspecified atom stereocenters. The van der Waals surface area contributed by atoms with Crippen molar-refractivity contribution in [3.63, 3.8) is 0 Å². The molecule has 6 atom stereocenters. The highest BCUT2D eigenvalue weighted by Crippen LogP contribution is 2.41. The molecule has 2 amide bonds. The van der Waals surface area contributed by atoms with Gasteiger partial charge in [-0.25, -0.2) is 0 Å². The second-order valence-electron chi connectivity index (χ2n) is 10.4. The van der Waals surface area contributed by atoms with Crippen LogP contribution in [0.4, 0.5) is 0 Å². The minimum atomic E-state index is 0.105. The quantitative estimate of drug-likeness (QED) is 0.707. The van der Waals surface area contributed by atoms with Crippen molar-refractivity contribution in [1.82, 2.24) is 9.80 Å². The summed E-state index contributed by atoms with van der Waals surface area (Å²) in [6.45, 7) is 1.94. The molecule has 4 nitrogen and oxygen atoms in total. The predicted molar refractivity (Wildman–Crippen MR) is 110 cm³/mol. The summed E-state index contributed by atoms with van der Waals surface area (Å²) >= 11 is 0. The molecule has 0 bridgehead atoms. The van der Waals surface area contributed by atoms with Crippen molar-refractivity contribution in [3.05, 3.63) is 0 Å². The number of amides is 2. The Morgan fingerprint density at radius 1 is 0.536 bits per heavy atom. The molecular weight excluding hydrogens is 348 g/mol. The number of likely N-dealkylation sites (tertiary alicyclic amines) is 2. The van der Waals surface area contributed by atoms with Crippen LogP contribution < -0.4 is 0 Å². The van der Waals surface area contributed by atoms with Crippen LogP contribution in [-0.4, -0.2) is 46.8 Å². The maximum absolute atomic E-state index is 13.4. The first kappa shape index (κ1) is 18.9. The summed E-state index contributed by atoms with van der Waals surface area (Å²) in [6.07, 6.45) is 16.6. The van der Waals surface area contributed by atoms with Crippen molar-refractivity contribution in [2.45, 2.75) is 102 Å². The molecule has 156 valence electrons. The first-order valence-electron chi connectivity index (χ1n) is 12.3. The van der Waals surface area contributed by atoms with Crippen LogP contribution in [0.1, 0.15) is 89.9 Å². The van der Waals surface area contributed by atoms with Crippen LogP contribution in [0.15, 0.2) is 0 Å². The summed E-state index contributed by atoms with van der Waals surface area (Å²) < 4.78 is 0. The Hall–Kier alpha value is -1.06. The fourth-order valence-corrected chi connectivity index (χ4v) is 7.47. The molecule has 5 aliphatic rings. The zero-order valence-electron chi connectivity index (χ0n) is 17.5. The number of rotatable bonds is 2. The van der Waals surface area contributed by atoms with Gasteiger partial charge in [0.1, 0.15) is 0 Å². The predicted octanol–water partition coefficient (Wildman–Crippen LogP) is 4.38. The molecule has 4 heteroatoms. The molecule has 3 aliphatic carbocycles. The molecule has 5 fully saturated rings. The molecule has 28 heavy (non-hydrogen) atoms. The van der Waals surface area contributed by atoms with E-state index in [1.165, 1.54) is 64.2 Å². The van der Waals surface area contributed by atoms with Crippen LogP contribution in [-0.2, 0) is 9.59 Å². The smallest absolute Gasteiger partial charge is 0.225 e. The lowest BCUT2D eigenvalue weighted by Gasteiger charge is -2.38. The van der Waals surface area contributed by atoms with Crippen LogP contribution in [0.2, 0.25) is 0 Å². The highest BCUT2D eigenvalue weighted by atomic mass is 16.2. The molecule has 0 aromatic carbocycles. The molecule has 0 aromatic rings.